The summed E-state index contributed by atoms with van der Waals surface area (Å²) in [6, 6.07) is 0. The van der Waals surface area contributed by atoms with Gasteiger partial charge in [-0.1, -0.05) is 11.3 Å². The molecule has 2 rings (SSSR count). The molecule has 6 heteroatoms. The lowest BCUT2D eigenvalue weighted by molar-refractivity contribution is 0.00731. The molecule has 0 fully saturated rings. The Labute approximate surface area is 77.2 Å². The van der Waals surface area contributed by atoms with Crippen LogP contribution in [-0.4, -0.2) is 27.3 Å². The molecule has 68 valence electrons. The standard InChI is InChI=1S/C7H6N2O3S/c10-4-12-6(11)5-3-9-2-1-8-7(9)13-5/h1-3,10H,4H2. The number of thiazole rings is 1. The number of imidazole rings is 1. The lowest BCUT2D eigenvalue weighted by Crippen LogP contribution is -2.03. The third-order valence-electron chi connectivity index (χ3n) is 1.49. The van der Waals surface area contributed by atoms with E-state index in [1.807, 2.05) is 0 Å². The molecule has 0 saturated heterocycles. The highest BCUT2D eigenvalue weighted by molar-refractivity contribution is 7.18. The Morgan fingerprint density at radius 3 is 3.31 bits per heavy atom. The normalized spacial score (nSPS) is 10.5. The second kappa shape index (κ2) is 3.15. The number of hydrogen-bond acceptors (Lipinski definition) is 5. The van der Waals surface area contributed by atoms with Crippen LogP contribution in [0.3, 0.4) is 0 Å². The Kier molecular flexibility index (Phi) is 1.99. The molecular formula is C7H6N2O3S. The van der Waals surface area contributed by atoms with Gasteiger partial charge in [0.15, 0.2) is 11.8 Å². The topological polar surface area (TPSA) is 63.8 Å². The van der Waals surface area contributed by atoms with Crippen LogP contribution in [0.5, 0.6) is 0 Å². The first kappa shape index (κ1) is 8.21. The van der Waals surface area contributed by atoms with E-state index in [0.29, 0.717) is 4.88 Å². The summed E-state index contributed by atoms with van der Waals surface area (Å²) < 4.78 is 6.13. The van der Waals surface area contributed by atoms with Crippen molar-refractivity contribution in [2.75, 3.05) is 6.79 Å². The van der Waals surface area contributed by atoms with Crippen LogP contribution in [0.15, 0.2) is 18.6 Å². The number of aliphatic hydroxyl groups excluding tert-OH is 1. The second-order valence-electron chi connectivity index (χ2n) is 2.27. The fourth-order valence-corrected chi connectivity index (χ4v) is 1.79. The number of aromatic nitrogens is 2. The number of carbonyl (C=O) groups is 1. The van der Waals surface area contributed by atoms with E-state index in [0.717, 1.165) is 4.96 Å². The molecule has 2 aromatic rings. The monoisotopic (exact) mass is 198 g/mol. The van der Waals surface area contributed by atoms with E-state index in [4.69, 9.17) is 5.11 Å². The van der Waals surface area contributed by atoms with Gasteiger partial charge in [-0.25, -0.2) is 9.78 Å². The van der Waals surface area contributed by atoms with Gasteiger partial charge in [0.25, 0.3) is 0 Å². The lowest BCUT2D eigenvalue weighted by Gasteiger charge is -1.94. The predicted octanol–water partition coefficient (Wildman–Crippen LogP) is 0.502. The van der Waals surface area contributed by atoms with Crippen molar-refractivity contribution in [3.63, 3.8) is 0 Å². The van der Waals surface area contributed by atoms with E-state index in [-0.39, 0.29) is 0 Å². The van der Waals surface area contributed by atoms with Crippen LogP contribution in [0.25, 0.3) is 4.96 Å². The first-order valence-corrected chi connectivity index (χ1v) is 4.33. The Bertz CT molecular complexity index is 405. The van der Waals surface area contributed by atoms with E-state index < -0.39 is 12.8 Å². The van der Waals surface area contributed by atoms with Crippen molar-refractivity contribution in [3.05, 3.63) is 23.5 Å². The van der Waals surface area contributed by atoms with Crippen LogP contribution in [0.4, 0.5) is 0 Å². The van der Waals surface area contributed by atoms with Crippen LogP contribution in [-0.2, 0) is 4.74 Å². The molecule has 0 aliphatic heterocycles. The van der Waals surface area contributed by atoms with Crippen LogP contribution < -0.4 is 0 Å². The highest BCUT2D eigenvalue weighted by Gasteiger charge is 2.11. The maximum atomic E-state index is 11.1. The number of ether oxygens (including phenoxy) is 1. The molecular weight excluding hydrogens is 192 g/mol. The molecule has 0 aliphatic rings. The number of hydrogen-bond donors (Lipinski definition) is 1. The van der Waals surface area contributed by atoms with Gasteiger partial charge in [-0.05, 0) is 0 Å². The Balaban J connectivity index is 2.34. The first-order chi connectivity index (χ1) is 6.31. The third kappa shape index (κ3) is 1.41. The molecule has 2 aromatic heterocycles. The predicted molar refractivity (Wildman–Crippen MR) is 45.6 cm³/mol. The number of aliphatic hydroxyl groups is 1. The summed E-state index contributed by atoms with van der Waals surface area (Å²) >= 11 is 1.22. The van der Waals surface area contributed by atoms with Crippen LogP contribution in [0, 0.1) is 0 Å². The van der Waals surface area contributed by atoms with Crippen LogP contribution in [0.1, 0.15) is 9.67 Å². The molecule has 2 heterocycles. The number of esters is 1. The van der Waals surface area contributed by atoms with Gasteiger partial charge in [0.2, 0.25) is 0 Å². The summed E-state index contributed by atoms with van der Waals surface area (Å²) in [4.78, 5) is 16.2. The zero-order chi connectivity index (χ0) is 9.26. The summed E-state index contributed by atoms with van der Waals surface area (Å²) in [6.45, 7) is -0.598. The van der Waals surface area contributed by atoms with Crippen LogP contribution >= 0.6 is 11.3 Å². The first-order valence-electron chi connectivity index (χ1n) is 3.52. The van der Waals surface area contributed by atoms with Gasteiger partial charge < -0.3 is 9.84 Å². The minimum absolute atomic E-state index is 0.428. The van der Waals surface area contributed by atoms with E-state index in [9.17, 15) is 4.79 Å². The summed E-state index contributed by atoms with van der Waals surface area (Å²) in [5.41, 5.74) is 0. The molecule has 0 aromatic carbocycles. The largest absolute Gasteiger partial charge is 0.434 e. The van der Waals surface area contributed by atoms with Gasteiger partial charge in [-0.3, -0.25) is 4.40 Å². The molecule has 0 saturated carbocycles. The second-order valence-corrected chi connectivity index (χ2v) is 3.28. The maximum absolute atomic E-state index is 11.1. The molecule has 13 heavy (non-hydrogen) atoms. The summed E-state index contributed by atoms with van der Waals surface area (Å²) in [5.74, 6) is -0.530. The number of nitrogens with zero attached hydrogens (tertiary/aromatic N) is 2. The van der Waals surface area contributed by atoms with Crippen LogP contribution in [0.2, 0.25) is 0 Å². The lowest BCUT2D eigenvalue weighted by atomic mass is 10.6. The smallest absolute Gasteiger partial charge is 0.352 e. The minimum atomic E-state index is -0.598. The molecule has 5 nitrogen and oxygen atoms in total. The molecule has 0 unspecified atom stereocenters. The SMILES string of the molecule is O=C(OCO)c1cn2ccnc2s1. The fourth-order valence-electron chi connectivity index (χ4n) is 0.952. The zero-order valence-corrected chi connectivity index (χ0v) is 7.32. The molecule has 0 aliphatic carbocycles. The van der Waals surface area contributed by atoms with E-state index in [1.165, 1.54) is 11.3 Å². The maximum Gasteiger partial charge on any atom is 0.352 e. The summed E-state index contributed by atoms with van der Waals surface area (Å²) in [5, 5.41) is 8.36. The Morgan fingerprint density at radius 2 is 2.62 bits per heavy atom. The van der Waals surface area contributed by atoms with Crippen molar-refractivity contribution in [2.45, 2.75) is 0 Å². The average molecular weight is 198 g/mol. The van der Waals surface area contributed by atoms with Crippen molar-refractivity contribution in [2.24, 2.45) is 0 Å². The van der Waals surface area contributed by atoms with E-state index in [2.05, 4.69) is 9.72 Å². The molecule has 0 spiro atoms. The van der Waals surface area contributed by atoms with Crippen molar-refractivity contribution >= 4 is 22.3 Å². The number of fused-ring (bicyclic) bond motifs is 1. The van der Waals surface area contributed by atoms with Gasteiger partial charge in [-0.15, -0.1) is 0 Å². The van der Waals surface area contributed by atoms with Gasteiger partial charge in [0.05, 0.1) is 0 Å². The number of carbonyl (C=O) groups excluding carboxylic acids is 1. The van der Waals surface area contributed by atoms with Crippen molar-refractivity contribution in [1.29, 1.82) is 0 Å². The molecule has 0 atom stereocenters. The van der Waals surface area contributed by atoms with Gasteiger partial charge >= 0.3 is 5.97 Å². The zero-order valence-electron chi connectivity index (χ0n) is 6.51. The molecule has 0 bridgehead atoms. The highest BCUT2D eigenvalue weighted by atomic mass is 32.1. The summed E-state index contributed by atoms with van der Waals surface area (Å²) in [6.07, 6.45) is 5.00. The van der Waals surface area contributed by atoms with E-state index in [1.54, 1.807) is 23.0 Å². The number of rotatable bonds is 2. The van der Waals surface area contributed by atoms with Gasteiger partial charge in [0.1, 0.15) is 4.88 Å². The highest BCUT2D eigenvalue weighted by Crippen LogP contribution is 2.16. The summed E-state index contributed by atoms with van der Waals surface area (Å²) in [7, 11) is 0. The Hall–Kier alpha value is -1.40. The van der Waals surface area contributed by atoms with Crippen molar-refractivity contribution < 1.29 is 14.6 Å². The molecule has 0 amide bonds. The van der Waals surface area contributed by atoms with Gasteiger partial charge in [-0.2, -0.15) is 0 Å². The van der Waals surface area contributed by atoms with Crippen molar-refractivity contribution in [3.8, 4) is 0 Å². The third-order valence-corrected chi connectivity index (χ3v) is 2.48. The molecule has 0 radical (unpaired) electrons. The Morgan fingerprint density at radius 1 is 1.77 bits per heavy atom. The van der Waals surface area contributed by atoms with E-state index >= 15 is 0 Å². The van der Waals surface area contributed by atoms with Crippen molar-refractivity contribution in [1.82, 2.24) is 9.38 Å². The molecule has 1 N–H and O–H groups in total. The quantitative estimate of drug-likeness (QED) is 0.564. The fraction of sp³-hybridized carbons (Fsp3) is 0.143. The average Bonchev–Trinajstić information content (AvgIpc) is 2.61. The van der Waals surface area contributed by atoms with Gasteiger partial charge in [0, 0.05) is 18.6 Å². The minimum Gasteiger partial charge on any atom is -0.434 e.